The monoisotopic (exact) mass is 227 g/mol. The lowest BCUT2D eigenvalue weighted by molar-refractivity contribution is 0.0814. The smallest absolute Gasteiger partial charge is 0.0950 e. The molecule has 0 unspecified atom stereocenters. The molecule has 0 radical (unpaired) electrons. The van der Waals surface area contributed by atoms with Gasteiger partial charge in [-0.1, -0.05) is 13.0 Å². The van der Waals surface area contributed by atoms with Crippen molar-refractivity contribution in [3.63, 3.8) is 0 Å². The molecule has 3 nitrogen and oxygen atoms in total. The van der Waals surface area contributed by atoms with Gasteiger partial charge in [0.1, 0.15) is 0 Å². The minimum Gasteiger partial charge on any atom is -0.389 e. The Morgan fingerprint density at radius 3 is 3.00 bits per heavy atom. The number of nitrogens with zero attached hydrogens (tertiary/aromatic N) is 1. The van der Waals surface area contributed by atoms with Crippen LogP contribution in [0.25, 0.3) is 0 Å². The Hall–Kier alpha value is -0.420. The first kappa shape index (κ1) is 11.1. The van der Waals surface area contributed by atoms with Crippen LogP contribution in [0.1, 0.15) is 11.8 Å². The molecule has 4 heteroatoms. The Morgan fingerprint density at radius 2 is 2.47 bits per heavy atom. The normalized spacial score (nSPS) is 26.3. The van der Waals surface area contributed by atoms with Crippen LogP contribution in [-0.2, 0) is 11.3 Å². The lowest BCUT2D eigenvalue weighted by Gasteiger charge is -2.27. The fourth-order valence-corrected chi connectivity index (χ4v) is 2.68. The second-order valence-corrected chi connectivity index (χ2v) is 4.85. The highest BCUT2D eigenvalue weighted by molar-refractivity contribution is 7.09. The van der Waals surface area contributed by atoms with Crippen molar-refractivity contribution in [3.8, 4) is 0 Å². The summed E-state index contributed by atoms with van der Waals surface area (Å²) in [6.45, 7) is 5.12. The predicted molar refractivity (Wildman–Crippen MR) is 61.0 cm³/mol. The summed E-state index contributed by atoms with van der Waals surface area (Å²) in [6, 6.07) is 4.36. The Morgan fingerprint density at radius 1 is 1.60 bits per heavy atom. The van der Waals surface area contributed by atoms with Crippen LogP contribution in [0.3, 0.4) is 0 Å². The number of thiophene rings is 1. The highest BCUT2D eigenvalue weighted by Gasteiger charge is 2.30. The van der Waals surface area contributed by atoms with E-state index in [4.69, 9.17) is 4.74 Å². The zero-order chi connectivity index (χ0) is 10.7. The summed E-state index contributed by atoms with van der Waals surface area (Å²) in [7, 11) is 0. The number of rotatable bonds is 4. The summed E-state index contributed by atoms with van der Waals surface area (Å²) in [5, 5.41) is 11.8. The quantitative estimate of drug-likeness (QED) is 0.842. The Bertz CT molecular complexity index is 289. The number of likely N-dealkylation sites (N-methyl/N-ethyl adjacent to an activating group) is 1. The van der Waals surface area contributed by atoms with Gasteiger partial charge in [0.2, 0.25) is 0 Å². The number of aliphatic hydroxyl groups is 1. The molecule has 0 aromatic carbocycles. The van der Waals surface area contributed by atoms with Crippen LogP contribution in [0.4, 0.5) is 0 Å². The molecule has 0 spiro atoms. The zero-order valence-corrected chi connectivity index (χ0v) is 9.74. The van der Waals surface area contributed by atoms with E-state index in [9.17, 15) is 5.11 Å². The third-order valence-corrected chi connectivity index (χ3v) is 3.70. The summed E-state index contributed by atoms with van der Waals surface area (Å²) in [4.78, 5) is 3.62. The number of ether oxygens (including phenoxy) is 1. The summed E-state index contributed by atoms with van der Waals surface area (Å²) >= 11 is 1.76. The fourth-order valence-electron chi connectivity index (χ4n) is 1.95. The first-order valence-corrected chi connectivity index (χ1v) is 6.21. The minimum absolute atomic E-state index is 0.164. The van der Waals surface area contributed by atoms with E-state index in [1.54, 1.807) is 11.3 Å². The SMILES string of the molecule is CCN(Cc1cccs1)[C@H]1COC[C@H]1O. The number of hydrogen-bond acceptors (Lipinski definition) is 4. The van der Waals surface area contributed by atoms with E-state index in [0.717, 1.165) is 13.1 Å². The van der Waals surface area contributed by atoms with Gasteiger partial charge in [-0.15, -0.1) is 11.3 Å². The van der Waals surface area contributed by atoms with Crippen molar-refractivity contribution in [1.82, 2.24) is 4.90 Å². The molecule has 1 aliphatic rings. The maximum Gasteiger partial charge on any atom is 0.0950 e. The largest absolute Gasteiger partial charge is 0.389 e. The molecule has 1 fully saturated rings. The molecule has 1 aromatic rings. The van der Waals surface area contributed by atoms with Crippen molar-refractivity contribution in [1.29, 1.82) is 0 Å². The van der Waals surface area contributed by atoms with Crippen molar-refractivity contribution >= 4 is 11.3 Å². The summed E-state index contributed by atoms with van der Waals surface area (Å²) in [6.07, 6.45) is -0.329. The van der Waals surface area contributed by atoms with Gasteiger partial charge < -0.3 is 9.84 Å². The molecular formula is C11H17NO2S. The van der Waals surface area contributed by atoms with Gasteiger partial charge in [-0.2, -0.15) is 0 Å². The van der Waals surface area contributed by atoms with E-state index in [1.165, 1.54) is 4.88 Å². The van der Waals surface area contributed by atoms with Crippen molar-refractivity contribution in [2.75, 3.05) is 19.8 Å². The topological polar surface area (TPSA) is 32.7 Å². The van der Waals surface area contributed by atoms with Gasteiger partial charge >= 0.3 is 0 Å². The van der Waals surface area contributed by atoms with Crippen LogP contribution in [0, 0.1) is 0 Å². The van der Waals surface area contributed by atoms with Crippen molar-refractivity contribution in [2.24, 2.45) is 0 Å². The molecule has 2 atom stereocenters. The van der Waals surface area contributed by atoms with Crippen molar-refractivity contribution < 1.29 is 9.84 Å². The van der Waals surface area contributed by atoms with Crippen LogP contribution < -0.4 is 0 Å². The summed E-state index contributed by atoms with van der Waals surface area (Å²) < 4.78 is 5.28. The van der Waals surface area contributed by atoms with E-state index >= 15 is 0 Å². The molecule has 0 aliphatic carbocycles. The van der Waals surface area contributed by atoms with Gasteiger partial charge in [-0.3, -0.25) is 4.90 Å². The summed E-state index contributed by atoms with van der Waals surface area (Å²) in [5.41, 5.74) is 0. The molecule has 2 heterocycles. The second kappa shape index (κ2) is 5.07. The first-order valence-electron chi connectivity index (χ1n) is 5.33. The standard InChI is InChI=1S/C11H17NO2S/c1-2-12(6-9-4-3-5-15-9)10-7-14-8-11(10)13/h3-5,10-11,13H,2,6-8H2,1H3/t10-,11+/m0/s1. The molecule has 2 rings (SSSR count). The Balaban J connectivity index is 1.97. The molecule has 1 saturated heterocycles. The van der Waals surface area contributed by atoms with Crippen LogP contribution >= 0.6 is 11.3 Å². The molecule has 0 bridgehead atoms. The van der Waals surface area contributed by atoms with Gasteiger partial charge in [0.05, 0.1) is 25.4 Å². The van der Waals surface area contributed by atoms with Gasteiger partial charge in [-0.25, -0.2) is 0 Å². The first-order chi connectivity index (χ1) is 7.31. The highest BCUT2D eigenvalue weighted by Crippen LogP contribution is 2.18. The highest BCUT2D eigenvalue weighted by atomic mass is 32.1. The van der Waals surface area contributed by atoms with Crippen LogP contribution in [0.2, 0.25) is 0 Å². The minimum atomic E-state index is -0.329. The van der Waals surface area contributed by atoms with E-state index in [0.29, 0.717) is 13.2 Å². The third kappa shape index (κ3) is 2.58. The average molecular weight is 227 g/mol. The van der Waals surface area contributed by atoms with E-state index in [1.807, 2.05) is 0 Å². The molecule has 0 saturated carbocycles. The van der Waals surface area contributed by atoms with Crippen LogP contribution in [-0.4, -0.2) is 41.9 Å². The van der Waals surface area contributed by atoms with Gasteiger partial charge in [0.25, 0.3) is 0 Å². The molecular weight excluding hydrogens is 210 g/mol. The molecule has 1 N–H and O–H groups in total. The molecule has 1 aromatic heterocycles. The molecule has 15 heavy (non-hydrogen) atoms. The predicted octanol–water partition coefficient (Wildman–Crippen LogP) is 1.33. The Kier molecular flexibility index (Phi) is 3.75. The van der Waals surface area contributed by atoms with E-state index in [-0.39, 0.29) is 12.1 Å². The van der Waals surface area contributed by atoms with E-state index < -0.39 is 0 Å². The zero-order valence-electron chi connectivity index (χ0n) is 8.93. The maximum atomic E-state index is 9.76. The van der Waals surface area contributed by atoms with Crippen LogP contribution in [0.15, 0.2) is 17.5 Å². The van der Waals surface area contributed by atoms with Crippen molar-refractivity contribution in [3.05, 3.63) is 22.4 Å². The number of hydrogen-bond donors (Lipinski definition) is 1. The maximum absolute atomic E-state index is 9.76. The summed E-state index contributed by atoms with van der Waals surface area (Å²) in [5.74, 6) is 0. The Labute approximate surface area is 94.3 Å². The molecule has 0 amide bonds. The third-order valence-electron chi connectivity index (χ3n) is 2.84. The molecule has 1 aliphatic heterocycles. The fraction of sp³-hybridized carbons (Fsp3) is 0.636. The van der Waals surface area contributed by atoms with Gasteiger partial charge in [0, 0.05) is 11.4 Å². The lowest BCUT2D eigenvalue weighted by Crippen LogP contribution is -2.42. The van der Waals surface area contributed by atoms with E-state index in [2.05, 4.69) is 29.3 Å². The van der Waals surface area contributed by atoms with Crippen LogP contribution in [0.5, 0.6) is 0 Å². The average Bonchev–Trinajstić information content (AvgIpc) is 2.85. The lowest BCUT2D eigenvalue weighted by atomic mass is 10.2. The van der Waals surface area contributed by atoms with Crippen molar-refractivity contribution in [2.45, 2.75) is 25.6 Å². The second-order valence-electron chi connectivity index (χ2n) is 3.81. The molecule has 84 valence electrons. The van der Waals surface area contributed by atoms with Gasteiger partial charge in [-0.05, 0) is 18.0 Å². The van der Waals surface area contributed by atoms with Gasteiger partial charge in [0.15, 0.2) is 0 Å². The number of aliphatic hydroxyl groups excluding tert-OH is 1.